The Balaban J connectivity index is 1.27. The molecule has 0 saturated heterocycles. The topological polar surface area (TPSA) is 9.86 Å². The molecule has 350 valence electrons. The third kappa shape index (κ3) is 5.12. The molecule has 0 bridgehead atoms. The summed E-state index contributed by atoms with van der Waals surface area (Å²) in [7, 11) is 0. The van der Waals surface area contributed by atoms with E-state index in [9.17, 15) is 0 Å². The lowest BCUT2D eigenvalue weighted by Gasteiger charge is -2.45. The third-order valence-electron chi connectivity index (χ3n) is 17.8. The number of hydrogen-bond donors (Lipinski definition) is 0. The number of benzene rings is 9. The van der Waals surface area contributed by atoms with Crippen molar-refractivity contribution < 1.29 is 0 Å². The second-order valence-electron chi connectivity index (χ2n) is 26.1. The Morgan fingerprint density at radius 2 is 0.847 bits per heavy atom. The van der Waals surface area contributed by atoms with Gasteiger partial charge in [-0.2, -0.15) is 0 Å². The van der Waals surface area contributed by atoms with Gasteiger partial charge in [0.2, 0.25) is 0 Å². The molecule has 72 heavy (non-hydrogen) atoms. The Bertz CT molecular complexity index is 4260. The van der Waals surface area contributed by atoms with Gasteiger partial charge < -0.3 is 9.13 Å². The Hall–Kier alpha value is -7.10. The lowest BCUT2D eigenvalue weighted by Crippen LogP contribution is -2.61. The molecule has 5 heterocycles. The van der Waals surface area contributed by atoms with E-state index in [0.29, 0.717) is 0 Å². The van der Waals surface area contributed by atoms with Crippen LogP contribution in [-0.4, -0.2) is 15.8 Å². The number of fused-ring (bicyclic) bond motifs is 15. The van der Waals surface area contributed by atoms with Gasteiger partial charge in [0, 0.05) is 43.8 Å². The minimum atomic E-state index is -0.612. The van der Waals surface area contributed by atoms with Crippen LogP contribution in [0, 0.1) is 0 Å². The fraction of sp³-hybridized carbons (Fsp3) is 0.246. The molecule has 1 spiro atoms. The standard InChI is InChI=1S/C69H61BN2/c1-65(2,3)39-28-29-58-47(30-39)48-32-41(67(7,8)9)35-56-61(48)71(58)63-51(44-25-19-21-38-20-13-14-22-43(38)44)37-55-64-59(63)70(56)57-36-42(68(10,11)12)33-50-49-31-40(66(4,5)6)34-54(60(49)72(64)62(50)57)69(55)52-26-17-15-23-45(52)46-24-16-18-27-53(46)69/h13-37H,1-12H3. The van der Waals surface area contributed by atoms with Crippen LogP contribution in [0.1, 0.15) is 128 Å². The first-order chi connectivity index (χ1) is 34.3. The fourth-order valence-corrected chi connectivity index (χ4v) is 14.3. The number of aromatic nitrogens is 2. The predicted molar refractivity (Wildman–Crippen MR) is 308 cm³/mol. The minimum Gasteiger partial charge on any atom is -0.310 e. The van der Waals surface area contributed by atoms with E-state index in [-0.39, 0.29) is 28.4 Å². The summed E-state index contributed by atoms with van der Waals surface area (Å²) in [5.41, 5.74) is 27.7. The van der Waals surface area contributed by atoms with Crippen LogP contribution in [0.5, 0.6) is 0 Å². The zero-order valence-electron chi connectivity index (χ0n) is 43.9. The monoisotopic (exact) mass is 928 g/mol. The molecule has 15 rings (SSSR count). The predicted octanol–water partition coefficient (Wildman–Crippen LogP) is 15.7. The molecule has 9 aromatic carbocycles. The molecule has 0 amide bonds. The molecule has 4 aliphatic rings. The van der Waals surface area contributed by atoms with E-state index in [0.717, 1.165) is 0 Å². The van der Waals surface area contributed by atoms with Crippen molar-refractivity contribution in [3.05, 3.63) is 196 Å². The fourth-order valence-electron chi connectivity index (χ4n) is 14.3. The van der Waals surface area contributed by atoms with Gasteiger partial charge >= 0.3 is 0 Å². The normalized spacial score (nSPS) is 15.0. The van der Waals surface area contributed by atoms with Gasteiger partial charge in [-0.3, -0.25) is 0 Å². The largest absolute Gasteiger partial charge is 0.310 e. The lowest BCUT2D eigenvalue weighted by molar-refractivity contribution is 0.588. The lowest BCUT2D eigenvalue weighted by atomic mass is 9.33. The average molecular weight is 929 g/mol. The van der Waals surface area contributed by atoms with Gasteiger partial charge in [0.1, 0.15) is 0 Å². The summed E-state index contributed by atoms with van der Waals surface area (Å²) in [4.78, 5) is 0. The van der Waals surface area contributed by atoms with Gasteiger partial charge in [0.15, 0.2) is 0 Å². The molecule has 0 unspecified atom stereocenters. The van der Waals surface area contributed by atoms with Gasteiger partial charge in [0.05, 0.1) is 22.1 Å². The number of rotatable bonds is 1. The highest BCUT2D eigenvalue weighted by molar-refractivity contribution is 7.00. The Kier molecular flexibility index (Phi) is 7.86. The number of nitrogens with zero attached hydrogens (tertiary/aromatic N) is 2. The molecule has 0 saturated carbocycles. The SMILES string of the molecule is CC(C)(C)c1ccc2c(c1)c1cc(C(C)(C)C)cc3c1n2-c1c(-c2cccc4ccccc24)cc2c4c1B3c1cc(C(C)(C)C)cc3c5cc(C(C)(C)C)cc(c5n-4c13)C21c2ccccc2-c2ccccc21. The molecule has 0 N–H and O–H groups in total. The van der Waals surface area contributed by atoms with E-state index in [2.05, 4.69) is 244 Å². The van der Waals surface area contributed by atoms with Crippen LogP contribution in [0.25, 0.3) is 88.0 Å². The quantitative estimate of drug-likeness (QED) is 0.145. The zero-order chi connectivity index (χ0) is 49.5. The highest BCUT2D eigenvalue weighted by Crippen LogP contribution is 2.63. The van der Waals surface area contributed by atoms with E-state index in [1.54, 1.807) is 0 Å². The van der Waals surface area contributed by atoms with Crippen molar-refractivity contribution in [1.29, 1.82) is 0 Å². The highest BCUT2D eigenvalue weighted by Gasteiger charge is 2.55. The minimum absolute atomic E-state index is 0.0137. The van der Waals surface area contributed by atoms with E-state index in [1.807, 2.05) is 0 Å². The number of hydrogen-bond acceptors (Lipinski definition) is 0. The van der Waals surface area contributed by atoms with Crippen molar-refractivity contribution >= 4 is 77.5 Å². The van der Waals surface area contributed by atoms with Crippen LogP contribution < -0.4 is 16.4 Å². The highest BCUT2D eigenvalue weighted by atomic mass is 15.1. The van der Waals surface area contributed by atoms with Gasteiger partial charge in [-0.1, -0.05) is 198 Å². The van der Waals surface area contributed by atoms with Crippen LogP contribution >= 0.6 is 0 Å². The van der Waals surface area contributed by atoms with Crippen molar-refractivity contribution in [3.63, 3.8) is 0 Å². The Labute approximate surface area is 424 Å². The second-order valence-corrected chi connectivity index (χ2v) is 26.1. The molecule has 11 aromatic rings. The third-order valence-corrected chi connectivity index (χ3v) is 17.8. The molecule has 3 aliphatic heterocycles. The average Bonchev–Trinajstić information content (AvgIpc) is 3.96. The Morgan fingerprint density at radius 1 is 0.347 bits per heavy atom. The molecule has 0 radical (unpaired) electrons. The van der Waals surface area contributed by atoms with Crippen molar-refractivity contribution in [2.45, 2.75) is 110 Å². The van der Waals surface area contributed by atoms with Crippen LogP contribution in [-0.2, 0) is 27.1 Å². The van der Waals surface area contributed by atoms with Gasteiger partial charge in [-0.25, -0.2) is 0 Å². The van der Waals surface area contributed by atoms with Crippen LogP contribution in [0.15, 0.2) is 152 Å². The van der Waals surface area contributed by atoms with Crippen molar-refractivity contribution in [3.8, 4) is 33.6 Å². The van der Waals surface area contributed by atoms with E-state index >= 15 is 0 Å². The summed E-state index contributed by atoms with van der Waals surface area (Å²) in [6.07, 6.45) is 0. The van der Waals surface area contributed by atoms with E-state index in [4.69, 9.17) is 0 Å². The molecular weight excluding hydrogens is 868 g/mol. The van der Waals surface area contributed by atoms with Crippen LogP contribution in [0.2, 0.25) is 0 Å². The first-order valence-corrected chi connectivity index (χ1v) is 26.5. The summed E-state index contributed by atoms with van der Waals surface area (Å²) < 4.78 is 5.56. The molecule has 0 atom stereocenters. The maximum Gasteiger partial charge on any atom is 0.252 e. The van der Waals surface area contributed by atoms with E-state index in [1.165, 1.54) is 149 Å². The second kappa shape index (κ2) is 13.3. The summed E-state index contributed by atoms with van der Waals surface area (Å²) in [5.74, 6) is 0. The molecule has 0 fully saturated rings. The van der Waals surface area contributed by atoms with Crippen molar-refractivity contribution in [2.75, 3.05) is 0 Å². The summed E-state index contributed by atoms with van der Waals surface area (Å²) in [6.45, 7) is 28.7. The molecular formula is C69H61BN2. The molecule has 2 aromatic heterocycles. The molecule has 2 nitrogen and oxygen atoms in total. The molecule has 1 aliphatic carbocycles. The smallest absolute Gasteiger partial charge is 0.252 e. The zero-order valence-corrected chi connectivity index (χ0v) is 43.9. The van der Waals surface area contributed by atoms with Crippen molar-refractivity contribution in [1.82, 2.24) is 9.13 Å². The first kappa shape index (κ1) is 42.6. The van der Waals surface area contributed by atoms with Crippen molar-refractivity contribution in [2.24, 2.45) is 0 Å². The van der Waals surface area contributed by atoms with Gasteiger partial charge in [-0.05, 0) is 146 Å². The van der Waals surface area contributed by atoms with Crippen LogP contribution in [0.4, 0.5) is 0 Å². The summed E-state index contributed by atoms with van der Waals surface area (Å²) >= 11 is 0. The first-order valence-electron chi connectivity index (χ1n) is 26.5. The van der Waals surface area contributed by atoms with E-state index < -0.39 is 5.41 Å². The summed E-state index contributed by atoms with van der Waals surface area (Å²) in [5, 5.41) is 7.97. The van der Waals surface area contributed by atoms with Crippen LogP contribution in [0.3, 0.4) is 0 Å². The van der Waals surface area contributed by atoms with Gasteiger partial charge in [0.25, 0.3) is 6.71 Å². The maximum absolute atomic E-state index is 2.81. The summed E-state index contributed by atoms with van der Waals surface area (Å²) in [6, 6.07) is 60.7. The maximum atomic E-state index is 2.81. The Morgan fingerprint density at radius 3 is 1.47 bits per heavy atom. The van der Waals surface area contributed by atoms with Gasteiger partial charge in [-0.15, -0.1) is 0 Å². The molecule has 3 heteroatoms.